The molecule has 0 atom stereocenters. The highest BCUT2D eigenvalue weighted by Crippen LogP contribution is 2.29. The number of nitrogens with one attached hydrogen (secondary N) is 2. The summed E-state index contributed by atoms with van der Waals surface area (Å²) in [6.07, 6.45) is 4.20. The van der Waals surface area contributed by atoms with E-state index in [0.717, 1.165) is 18.3 Å². The number of aromatic nitrogens is 1. The number of nitrogens with zero attached hydrogens (tertiary/aromatic N) is 1. The summed E-state index contributed by atoms with van der Waals surface area (Å²) in [5.41, 5.74) is 0.921. The van der Waals surface area contributed by atoms with Crippen LogP contribution in [0.2, 0.25) is 10.0 Å². The van der Waals surface area contributed by atoms with E-state index < -0.39 is 0 Å². The van der Waals surface area contributed by atoms with Crippen molar-refractivity contribution in [2.45, 2.75) is 12.8 Å². The van der Waals surface area contributed by atoms with E-state index in [-0.39, 0.29) is 11.5 Å². The third-order valence-electron chi connectivity index (χ3n) is 3.48. The highest BCUT2D eigenvalue weighted by atomic mass is 35.5. The quantitative estimate of drug-likeness (QED) is 0.847. The van der Waals surface area contributed by atoms with E-state index in [0.29, 0.717) is 15.7 Å². The maximum atomic E-state index is 12.3. The van der Waals surface area contributed by atoms with Gasteiger partial charge in [0.05, 0.1) is 15.6 Å². The summed E-state index contributed by atoms with van der Waals surface area (Å²) in [6.45, 7) is 0.917. The second-order valence-corrected chi connectivity index (χ2v) is 6.12. The number of carbonyl (C=O) groups is 1. The van der Waals surface area contributed by atoms with E-state index in [1.54, 1.807) is 36.5 Å². The first-order valence-corrected chi connectivity index (χ1v) is 7.84. The van der Waals surface area contributed by atoms with Crippen LogP contribution in [0, 0.1) is 5.92 Å². The molecule has 1 amide bonds. The van der Waals surface area contributed by atoms with Gasteiger partial charge >= 0.3 is 0 Å². The Kier molecular flexibility index (Phi) is 4.50. The molecule has 4 nitrogen and oxygen atoms in total. The molecule has 0 aliphatic heterocycles. The lowest BCUT2D eigenvalue weighted by molar-refractivity contribution is 0.102. The maximum Gasteiger partial charge on any atom is 0.258 e. The van der Waals surface area contributed by atoms with E-state index >= 15 is 0 Å². The number of amides is 1. The fourth-order valence-electron chi connectivity index (χ4n) is 2.08. The Morgan fingerprint density at radius 2 is 1.95 bits per heavy atom. The molecule has 114 valence electrons. The topological polar surface area (TPSA) is 54.0 Å². The zero-order chi connectivity index (χ0) is 15.5. The van der Waals surface area contributed by atoms with Gasteiger partial charge < -0.3 is 10.6 Å². The molecule has 2 aromatic rings. The van der Waals surface area contributed by atoms with Gasteiger partial charge in [-0.25, -0.2) is 4.98 Å². The number of pyridine rings is 1. The summed E-state index contributed by atoms with van der Waals surface area (Å²) in [4.78, 5) is 16.6. The number of hydrogen-bond acceptors (Lipinski definition) is 3. The van der Waals surface area contributed by atoms with Gasteiger partial charge in [-0.15, -0.1) is 0 Å². The van der Waals surface area contributed by atoms with Gasteiger partial charge in [0.1, 0.15) is 5.82 Å². The average molecular weight is 336 g/mol. The number of carbonyl (C=O) groups excluding carboxylic acids is 1. The summed E-state index contributed by atoms with van der Waals surface area (Å²) >= 11 is 12.1. The van der Waals surface area contributed by atoms with Crippen molar-refractivity contribution in [1.29, 1.82) is 0 Å². The summed E-state index contributed by atoms with van der Waals surface area (Å²) in [6, 6.07) is 8.50. The summed E-state index contributed by atoms with van der Waals surface area (Å²) < 4.78 is 0. The molecular weight excluding hydrogens is 321 g/mol. The largest absolute Gasteiger partial charge is 0.370 e. The first kappa shape index (κ1) is 15.1. The normalized spacial score (nSPS) is 13.7. The Morgan fingerprint density at radius 1 is 1.23 bits per heavy atom. The standard InChI is InChI=1S/C16H15Cl2N3O/c17-12-2-1-3-13(18)15(12)16(22)21-11-6-7-19-14(8-11)20-9-10-4-5-10/h1-3,6-8,10H,4-5,9H2,(H2,19,20,21,22). The van der Waals surface area contributed by atoms with Gasteiger partial charge in [-0.05, 0) is 37.0 Å². The van der Waals surface area contributed by atoms with Crippen LogP contribution in [0.1, 0.15) is 23.2 Å². The van der Waals surface area contributed by atoms with Crippen LogP contribution in [0.25, 0.3) is 0 Å². The Labute approximate surface area is 138 Å². The second kappa shape index (κ2) is 6.55. The van der Waals surface area contributed by atoms with E-state index in [9.17, 15) is 4.79 Å². The number of anilines is 2. The monoisotopic (exact) mass is 335 g/mol. The average Bonchev–Trinajstić information content (AvgIpc) is 3.29. The van der Waals surface area contributed by atoms with E-state index in [1.165, 1.54) is 12.8 Å². The van der Waals surface area contributed by atoms with Crippen molar-refractivity contribution in [1.82, 2.24) is 4.98 Å². The van der Waals surface area contributed by atoms with Gasteiger partial charge in [0.2, 0.25) is 0 Å². The van der Waals surface area contributed by atoms with E-state index in [2.05, 4.69) is 15.6 Å². The van der Waals surface area contributed by atoms with Crippen LogP contribution in [0.3, 0.4) is 0 Å². The third kappa shape index (κ3) is 3.70. The molecule has 1 aromatic carbocycles. The smallest absolute Gasteiger partial charge is 0.258 e. The van der Waals surface area contributed by atoms with Crippen LogP contribution in [0.15, 0.2) is 36.5 Å². The predicted molar refractivity (Wildman–Crippen MR) is 89.9 cm³/mol. The first-order valence-electron chi connectivity index (χ1n) is 7.09. The Bertz CT molecular complexity index is 681. The zero-order valence-electron chi connectivity index (χ0n) is 11.8. The van der Waals surface area contributed by atoms with Crippen molar-refractivity contribution in [2.24, 2.45) is 5.92 Å². The predicted octanol–water partition coefficient (Wildman–Crippen LogP) is 4.46. The summed E-state index contributed by atoms with van der Waals surface area (Å²) in [5, 5.41) is 6.71. The van der Waals surface area contributed by atoms with Gasteiger partial charge in [0.15, 0.2) is 0 Å². The molecule has 0 bridgehead atoms. The van der Waals surface area contributed by atoms with Gasteiger partial charge in [-0.1, -0.05) is 29.3 Å². The molecular formula is C16H15Cl2N3O. The lowest BCUT2D eigenvalue weighted by Gasteiger charge is -2.10. The van der Waals surface area contributed by atoms with Crippen LogP contribution in [0.4, 0.5) is 11.5 Å². The number of rotatable bonds is 5. The first-order chi connectivity index (χ1) is 10.6. The SMILES string of the molecule is O=C(Nc1ccnc(NCC2CC2)c1)c1c(Cl)cccc1Cl. The molecule has 2 N–H and O–H groups in total. The van der Waals surface area contributed by atoms with Crippen molar-refractivity contribution >= 4 is 40.6 Å². The zero-order valence-corrected chi connectivity index (χ0v) is 13.3. The molecule has 0 spiro atoms. The molecule has 1 heterocycles. The van der Waals surface area contributed by atoms with Gasteiger partial charge in [-0.3, -0.25) is 4.79 Å². The number of hydrogen-bond donors (Lipinski definition) is 2. The summed E-state index contributed by atoms with van der Waals surface area (Å²) in [5.74, 6) is 1.16. The molecule has 1 aromatic heterocycles. The molecule has 0 saturated heterocycles. The maximum absolute atomic E-state index is 12.3. The molecule has 0 radical (unpaired) electrons. The van der Waals surface area contributed by atoms with Crippen LogP contribution in [-0.4, -0.2) is 17.4 Å². The Hall–Kier alpha value is -1.78. The van der Waals surface area contributed by atoms with Crippen molar-refractivity contribution in [3.63, 3.8) is 0 Å². The second-order valence-electron chi connectivity index (χ2n) is 5.30. The molecule has 22 heavy (non-hydrogen) atoms. The lowest BCUT2D eigenvalue weighted by Crippen LogP contribution is -2.13. The highest BCUT2D eigenvalue weighted by Gasteiger charge is 2.20. The minimum absolute atomic E-state index is 0.273. The minimum Gasteiger partial charge on any atom is -0.370 e. The van der Waals surface area contributed by atoms with Crippen molar-refractivity contribution in [2.75, 3.05) is 17.2 Å². The van der Waals surface area contributed by atoms with Crippen LogP contribution < -0.4 is 10.6 Å². The highest BCUT2D eigenvalue weighted by molar-refractivity contribution is 6.40. The molecule has 0 unspecified atom stereocenters. The number of halogens is 2. The third-order valence-corrected chi connectivity index (χ3v) is 4.11. The Morgan fingerprint density at radius 3 is 2.64 bits per heavy atom. The molecule has 6 heteroatoms. The van der Waals surface area contributed by atoms with Crippen LogP contribution in [-0.2, 0) is 0 Å². The van der Waals surface area contributed by atoms with Gasteiger partial charge in [0, 0.05) is 24.5 Å². The van der Waals surface area contributed by atoms with Crippen molar-refractivity contribution < 1.29 is 4.79 Å². The fourth-order valence-corrected chi connectivity index (χ4v) is 2.65. The molecule has 1 aliphatic carbocycles. The molecule has 1 fully saturated rings. The van der Waals surface area contributed by atoms with Crippen LogP contribution >= 0.6 is 23.2 Å². The molecule has 1 aliphatic rings. The summed E-state index contributed by atoms with van der Waals surface area (Å²) in [7, 11) is 0. The molecule has 3 rings (SSSR count). The lowest BCUT2D eigenvalue weighted by atomic mass is 10.2. The minimum atomic E-state index is -0.338. The fraction of sp³-hybridized carbons (Fsp3) is 0.250. The van der Waals surface area contributed by atoms with E-state index in [1.807, 2.05) is 0 Å². The van der Waals surface area contributed by atoms with Gasteiger partial charge in [-0.2, -0.15) is 0 Å². The molecule has 1 saturated carbocycles. The Balaban J connectivity index is 1.71. The van der Waals surface area contributed by atoms with E-state index in [4.69, 9.17) is 23.2 Å². The van der Waals surface area contributed by atoms with Crippen LogP contribution in [0.5, 0.6) is 0 Å². The van der Waals surface area contributed by atoms with Crippen molar-refractivity contribution in [3.8, 4) is 0 Å². The number of benzene rings is 1. The van der Waals surface area contributed by atoms with Gasteiger partial charge in [0.25, 0.3) is 5.91 Å². The van der Waals surface area contributed by atoms with Crippen molar-refractivity contribution in [3.05, 3.63) is 52.1 Å².